The predicted octanol–water partition coefficient (Wildman–Crippen LogP) is 4.31. The van der Waals surface area contributed by atoms with Crippen molar-refractivity contribution in [3.05, 3.63) is 35.4 Å². The highest BCUT2D eigenvalue weighted by Crippen LogP contribution is 2.28. The normalized spacial score (nSPS) is 21.8. The van der Waals surface area contributed by atoms with Crippen LogP contribution in [-0.4, -0.2) is 22.6 Å². The molecule has 0 spiro atoms. The lowest BCUT2D eigenvalue weighted by atomic mass is 9.91. The second-order valence-electron chi connectivity index (χ2n) is 5.95. The van der Waals surface area contributed by atoms with Crippen molar-refractivity contribution < 1.29 is 4.79 Å². The molecule has 1 aromatic carbocycles. The third kappa shape index (κ3) is 4.70. The minimum atomic E-state index is 0.296. The third-order valence-corrected chi connectivity index (χ3v) is 5.05. The third-order valence-electron chi connectivity index (χ3n) is 3.85. The number of carbonyl (C=O) groups is 1. The van der Waals surface area contributed by atoms with Crippen molar-refractivity contribution in [1.82, 2.24) is 0 Å². The Morgan fingerprint density at radius 1 is 1.29 bits per heavy atom. The molecule has 0 saturated carbocycles. The average Bonchev–Trinajstić information content (AvgIpc) is 2.63. The molecule has 2 rings (SSSR count). The maximum absolute atomic E-state index is 11.8. The van der Waals surface area contributed by atoms with E-state index in [1.807, 2.05) is 0 Å². The molecule has 0 aliphatic carbocycles. The Labute approximate surface area is 132 Å². The number of aliphatic imine (C=N–C) groups is 1. The maximum Gasteiger partial charge on any atom is 0.143 e. The van der Waals surface area contributed by atoms with Crippen LogP contribution in [0.15, 0.2) is 29.3 Å². The molecule has 0 radical (unpaired) electrons. The Morgan fingerprint density at radius 3 is 2.67 bits per heavy atom. The standard InChI is InChI=1S/C18H25NOS/c1-4-14-7-5-6-8-15(14)11-16-9-10-17(20)12-21-18(16)19-13(2)3/h5-8,13,16H,4,9-12H2,1-3H3. The first-order valence-corrected chi connectivity index (χ1v) is 8.87. The lowest BCUT2D eigenvalue weighted by Gasteiger charge is -2.18. The van der Waals surface area contributed by atoms with Crippen LogP contribution in [0.4, 0.5) is 0 Å². The molecule has 1 aliphatic heterocycles. The molecule has 0 bridgehead atoms. The van der Waals surface area contributed by atoms with E-state index >= 15 is 0 Å². The largest absolute Gasteiger partial charge is 0.299 e. The van der Waals surface area contributed by atoms with E-state index in [-0.39, 0.29) is 0 Å². The zero-order chi connectivity index (χ0) is 15.2. The minimum Gasteiger partial charge on any atom is -0.299 e. The maximum atomic E-state index is 11.8. The predicted molar refractivity (Wildman–Crippen MR) is 92.3 cm³/mol. The molecule has 0 N–H and O–H groups in total. The smallest absolute Gasteiger partial charge is 0.143 e. The fourth-order valence-corrected chi connectivity index (χ4v) is 3.93. The minimum absolute atomic E-state index is 0.296. The molecule has 3 heteroatoms. The zero-order valence-electron chi connectivity index (χ0n) is 13.3. The van der Waals surface area contributed by atoms with Crippen molar-refractivity contribution in [2.24, 2.45) is 10.9 Å². The van der Waals surface area contributed by atoms with Crippen molar-refractivity contribution in [2.75, 3.05) is 5.75 Å². The van der Waals surface area contributed by atoms with Crippen molar-refractivity contribution in [1.29, 1.82) is 0 Å². The molecular formula is C18H25NOS. The highest BCUT2D eigenvalue weighted by atomic mass is 32.2. The summed E-state index contributed by atoms with van der Waals surface area (Å²) in [4.78, 5) is 16.6. The Morgan fingerprint density at radius 2 is 2.00 bits per heavy atom. The number of aryl methyl sites for hydroxylation is 1. The summed E-state index contributed by atoms with van der Waals surface area (Å²) < 4.78 is 0. The lowest BCUT2D eigenvalue weighted by Crippen LogP contribution is -2.16. The van der Waals surface area contributed by atoms with Gasteiger partial charge in [-0.05, 0) is 44.2 Å². The van der Waals surface area contributed by atoms with Gasteiger partial charge in [0.2, 0.25) is 0 Å². The number of Topliss-reactive ketones (excluding diaryl/α,β-unsaturated/α-hetero) is 1. The Hall–Kier alpha value is -1.09. The molecule has 1 fully saturated rings. The van der Waals surface area contributed by atoms with Gasteiger partial charge in [0.15, 0.2) is 0 Å². The van der Waals surface area contributed by atoms with E-state index in [0.717, 1.165) is 19.3 Å². The van der Waals surface area contributed by atoms with E-state index in [2.05, 4.69) is 45.0 Å². The first-order chi connectivity index (χ1) is 10.1. The Kier molecular flexibility index (Phi) is 6.04. The van der Waals surface area contributed by atoms with E-state index < -0.39 is 0 Å². The quantitative estimate of drug-likeness (QED) is 0.829. The highest BCUT2D eigenvalue weighted by molar-refractivity contribution is 8.14. The number of ketones is 1. The summed E-state index contributed by atoms with van der Waals surface area (Å²) in [5, 5.41) is 1.18. The van der Waals surface area contributed by atoms with Gasteiger partial charge in [-0.1, -0.05) is 31.2 Å². The van der Waals surface area contributed by atoms with E-state index in [1.165, 1.54) is 16.2 Å². The number of benzene rings is 1. The van der Waals surface area contributed by atoms with Crippen LogP contribution in [0.1, 0.15) is 44.7 Å². The van der Waals surface area contributed by atoms with Crippen LogP contribution in [0.5, 0.6) is 0 Å². The number of carbonyl (C=O) groups excluding carboxylic acids is 1. The fourth-order valence-electron chi connectivity index (χ4n) is 2.76. The van der Waals surface area contributed by atoms with Crippen molar-refractivity contribution in [2.45, 2.75) is 52.5 Å². The van der Waals surface area contributed by atoms with Gasteiger partial charge in [-0.3, -0.25) is 9.79 Å². The number of hydrogen-bond donors (Lipinski definition) is 0. The van der Waals surface area contributed by atoms with Gasteiger partial charge in [-0.15, -0.1) is 11.8 Å². The van der Waals surface area contributed by atoms with E-state index in [1.54, 1.807) is 11.8 Å². The second kappa shape index (κ2) is 7.79. The van der Waals surface area contributed by atoms with Gasteiger partial charge in [0.05, 0.1) is 10.8 Å². The van der Waals surface area contributed by atoms with Crippen LogP contribution in [0.25, 0.3) is 0 Å². The number of rotatable bonds is 4. The van der Waals surface area contributed by atoms with Gasteiger partial charge in [0.1, 0.15) is 5.78 Å². The summed E-state index contributed by atoms with van der Waals surface area (Å²) in [5.41, 5.74) is 2.83. The molecule has 1 heterocycles. The molecule has 1 aromatic rings. The van der Waals surface area contributed by atoms with Crippen LogP contribution in [-0.2, 0) is 17.6 Å². The first-order valence-electron chi connectivity index (χ1n) is 7.89. The average molecular weight is 303 g/mol. The molecule has 114 valence electrons. The molecule has 0 amide bonds. The second-order valence-corrected chi connectivity index (χ2v) is 6.95. The summed E-state index contributed by atoms with van der Waals surface area (Å²) in [5.74, 6) is 1.36. The van der Waals surface area contributed by atoms with Gasteiger partial charge in [-0.2, -0.15) is 0 Å². The van der Waals surface area contributed by atoms with E-state index in [9.17, 15) is 4.79 Å². The summed E-state index contributed by atoms with van der Waals surface area (Å²) in [6.45, 7) is 6.42. The van der Waals surface area contributed by atoms with Crippen molar-refractivity contribution >= 4 is 22.6 Å². The number of hydrogen-bond acceptors (Lipinski definition) is 3. The summed E-state index contributed by atoms with van der Waals surface area (Å²) in [6, 6.07) is 8.96. The van der Waals surface area contributed by atoms with Crippen molar-refractivity contribution in [3.63, 3.8) is 0 Å². The topological polar surface area (TPSA) is 29.4 Å². The fraction of sp³-hybridized carbons (Fsp3) is 0.556. The molecule has 1 saturated heterocycles. The number of thioether (sulfide) groups is 1. The molecular weight excluding hydrogens is 278 g/mol. The van der Waals surface area contributed by atoms with E-state index in [0.29, 0.717) is 29.9 Å². The molecule has 1 atom stereocenters. The van der Waals surface area contributed by atoms with Gasteiger partial charge in [-0.25, -0.2) is 0 Å². The van der Waals surface area contributed by atoms with Crippen molar-refractivity contribution in [3.8, 4) is 0 Å². The molecule has 21 heavy (non-hydrogen) atoms. The monoisotopic (exact) mass is 303 g/mol. The highest BCUT2D eigenvalue weighted by Gasteiger charge is 2.24. The number of nitrogens with zero attached hydrogens (tertiary/aromatic N) is 1. The van der Waals surface area contributed by atoms with Gasteiger partial charge < -0.3 is 0 Å². The Bertz CT molecular complexity index is 522. The van der Waals surface area contributed by atoms with Crippen LogP contribution >= 0.6 is 11.8 Å². The SMILES string of the molecule is CCc1ccccc1CC1CCC(=O)CSC1=NC(C)C. The van der Waals surface area contributed by atoms with E-state index in [4.69, 9.17) is 4.99 Å². The summed E-state index contributed by atoms with van der Waals surface area (Å²) in [6.07, 6.45) is 3.71. The summed E-state index contributed by atoms with van der Waals surface area (Å²) >= 11 is 1.66. The van der Waals surface area contributed by atoms with Crippen LogP contribution < -0.4 is 0 Å². The lowest BCUT2D eigenvalue weighted by molar-refractivity contribution is -0.116. The van der Waals surface area contributed by atoms with Gasteiger partial charge >= 0.3 is 0 Å². The zero-order valence-corrected chi connectivity index (χ0v) is 14.1. The van der Waals surface area contributed by atoms with Crippen LogP contribution in [0.3, 0.4) is 0 Å². The molecule has 0 aromatic heterocycles. The van der Waals surface area contributed by atoms with Crippen LogP contribution in [0.2, 0.25) is 0 Å². The van der Waals surface area contributed by atoms with Gasteiger partial charge in [0, 0.05) is 18.4 Å². The molecule has 2 nitrogen and oxygen atoms in total. The Balaban J connectivity index is 2.23. The summed E-state index contributed by atoms with van der Waals surface area (Å²) in [7, 11) is 0. The van der Waals surface area contributed by atoms with Crippen LogP contribution in [0, 0.1) is 5.92 Å². The van der Waals surface area contributed by atoms with Gasteiger partial charge in [0.25, 0.3) is 0 Å². The first kappa shape index (κ1) is 16.3. The molecule has 1 aliphatic rings. The molecule has 1 unspecified atom stereocenters.